The summed E-state index contributed by atoms with van der Waals surface area (Å²) in [6.45, 7) is 6.07. The number of hydrogen-bond acceptors (Lipinski definition) is 2. The van der Waals surface area contributed by atoms with Crippen molar-refractivity contribution in [2.24, 2.45) is 23.2 Å². The molecule has 3 unspecified atom stereocenters. The molecule has 1 aromatic carbocycles. The van der Waals surface area contributed by atoms with Crippen LogP contribution in [0.15, 0.2) is 18.2 Å². The van der Waals surface area contributed by atoms with Crippen molar-refractivity contribution in [2.75, 3.05) is 13.2 Å². The highest BCUT2D eigenvalue weighted by atomic mass is 35.5. The fourth-order valence-electron chi connectivity index (χ4n) is 4.55. The first-order valence-electron chi connectivity index (χ1n) is 9.22. The third-order valence-corrected chi connectivity index (χ3v) is 6.79. The zero-order valence-electron chi connectivity index (χ0n) is 15.0. The van der Waals surface area contributed by atoms with E-state index >= 15 is 0 Å². The van der Waals surface area contributed by atoms with E-state index in [1.807, 2.05) is 0 Å². The van der Waals surface area contributed by atoms with Gasteiger partial charge in [0.15, 0.2) is 0 Å². The van der Waals surface area contributed by atoms with E-state index in [4.69, 9.17) is 27.9 Å². The second-order valence-electron chi connectivity index (χ2n) is 8.03. The van der Waals surface area contributed by atoms with E-state index in [2.05, 4.69) is 19.2 Å². The summed E-state index contributed by atoms with van der Waals surface area (Å²) in [4.78, 5) is 12.1. The lowest BCUT2D eigenvalue weighted by Crippen LogP contribution is -2.54. The van der Waals surface area contributed by atoms with E-state index in [1.165, 1.54) is 19.3 Å². The fourth-order valence-corrected chi connectivity index (χ4v) is 5.01. The molecule has 0 heterocycles. The topological polar surface area (TPSA) is 38.3 Å². The van der Waals surface area contributed by atoms with Crippen molar-refractivity contribution in [3.8, 4) is 5.75 Å². The van der Waals surface area contributed by atoms with Gasteiger partial charge >= 0.3 is 0 Å². The van der Waals surface area contributed by atoms with E-state index in [0.29, 0.717) is 46.6 Å². The fraction of sp³-hybridized carbons (Fsp3) is 0.650. The molecule has 0 aromatic heterocycles. The van der Waals surface area contributed by atoms with Gasteiger partial charge in [0.25, 0.3) is 0 Å². The molecule has 1 N–H and O–H groups in total. The van der Waals surface area contributed by atoms with Gasteiger partial charge in [0.05, 0.1) is 11.6 Å². The van der Waals surface area contributed by atoms with Crippen LogP contribution in [0.4, 0.5) is 0 Å². The van der Waals surface area contributed by atoms with Gasteiger partial charge in [-0.15, -0.1) is 0 Å². The van der Waals surface area contributed by atoms with Crippen LogP contribution in [0.2, 0.25) is 10.0 Å². The summed E-state index contributed by atoms with van der Waals surface area (Å²) in [7, 11) is 0. The Morgan fingerprint density at radius 2 is 2.12 bits per heavy atom. The number of halogens is 2. The molecule has 25 heavy (non-hydrogen) atoms. The first kappa shape index (κ1) is 18.8. The molecule has 1 amide bonds. The molecular formula is C20H27Cl2NO2. The summed E-state index contributed by atoms with van der Waals surface area (Å²) in [6.07, 6.45) is 5.08. The van der Waals surface area contributed by atoms with Gasteiger partial charge in [-0.2, -0.15) is 0 Å². The van der Waals surface area contributed by atoms with E-state index in [-0.39, 0.29) is 5.91 Å². The molecule has 1 aromatic rings. The van der Waals surface area contributed by atoms with Gasteiger partial charge in [-0.1, -0.05) is 37.0 Å². The number of benzene rings is 1. The van der Waals surface area contributed by atoms with Crippen molar-refractivity contribution in [1.29, 1.82) is 0 Å². The first-order valence-corrected chi connectivity index (χ1v) is 9.98. The van der Waals surface area contributed by atoms with Crippen molar-refractivity contribution in [3.63, 3.8) is 0 Å². The predicted molar refractivity (Wildman–Crippen MR) is 102 cm³/mol. The van der Waals surface area contributed by atoms with Crippen LogP contribution < -0.4 is 10.1 Å². The third kappa shape index (κ3) is 4.25. The normalized spacial score (nSPS) is 26.6. The third-order valence-electron chi connectivity index (χ3n) is 6.26. The van der Waals surface area contributed by atoms with Gasteiger partial charge in [-0.25, -0.2) is 0 Å². The lowest BCUT2D eigenvalue weighted by molar-refractivity contribution is -0.125. The molecule has 4 rings (SSSR count). The van der Waals surface area contributed by atoms with Crippen LogP contribution >= 0.6 is 23.2 Å². The summed E-state index contributed by atoms with van der Waals surface area (Å²) in [5.74, 6) is 3.05. The van der Waals surface area contributed by atoms with Crippen molar-refractivity contribution >= 4 is 29.1 Å². The molecule has 5 heteroatoms. The number of fused-ring (bicyclic) bond motifs is 2. The molecule has 3 atom stereocenters. The number of carbonyl (C=O) groups excluding carboxylic acids is 1. The van der Waals surface area contributed by atoms with Crippen LogP contribution in [-0.2, 0) is 4.79 Å². The average molecular weight is 384 g/mol. The van der Waals surface area contributed by atoms with Crippen molar-refractivity contribution in [2.45, 2.75) is 46.0 Å². The van der Waals surface area contributed by atoms with E-state index in [0.717, 1.165) is 18.4 Å². The first-order chi connectivity index (χ1) is 11.9. The quantitative estimate of drug-likeness (QED) is 0.645. The van der Waals surface area contributed by atoms with Crippen LogP contribution in [0.3, 0.4) is 0 Å². The van der Waals surface area contributed by atoms with Crippen LogP contribution in [0.1, 0.15) is 46.0 Å². The minimum Gasteiger partial charge on any atom is -0.492 e. The Labute approximate surface area is 160 Å². The summed E-state index contributed by atoms with van der Waals surface area (Å²) in [5.41, 5.74) is 0.472. The standard InChI is InChI=1S/C20H27Cl2NO2/c1-20(2)14-6-5-13(16(20)10-14)12-23-19(24)4-3-9-25-18-8-7-15(21)11-17(18)22/h7-8,11,13-14,16H,3-6,9-10,12H2,1-2H3,(H,23,24). The summed E-state index contributed by atoms with van der Waals surface area (Å²) in [6, 6.07) is 5.15. The Balaban J connectivity index is 1.33. The maximum absolute atomic E-state index is 12.1. The van der Waals surface area contributed by atoms with Gasteiger partial charge in [0, 0.05) is 18.0 Å². The smallest absolute Gasteiger partial charge is 0.220 e. The zero-order valence-corrected chi connectivity index (χ0v) is 16.5. The molecular weight excluding hydrogens is 357 g/mol. The summed E-state index contributed by atoms with van der Waals surface area (Å²) >= 11 is 11.9. The van der Waals surface area contributed by atoms with Crippen LogP contribution in [-0.4, -0.2) is 19.1 Å². The monoisotopic (exact) mass is 383 g/mol. The van der Waals surface area contributed by atoms with Crippen LogP contribution in [0.5, 0.6) is 5.75 Å². The van der Waals surface area contributed by atoms with Gasteiger partial charge in [0.1, 0.15) is 5.75 Å². The largest absolute Gasteiger partial charge is 0.492 e. The minimum absolute atomic E-state index is 0.116. The number of rotatable bonds is 7. The van der Waals surface area contributed by atoms with E-state index in [9.17, 15) is 4.79 Å². The lowest BCUT2D eigenvalue weighted by Gasteiger charge is -2.60. The second-order valence-corrected chi connectivity index (χ2v) is 8.87. The van der Waals surface area contributed by atoms with Gasteiger partial charge in [0.2, 0.25) is 5.91 Å². The second kappa shape index (κ2) is 7.75. The molecule has 3 saturated carbocycles. The highest BCUT2D eigenvalue weighted by molar-refractivity contribution is 6.35. The maximum atomic E-state index is 12.1. The SMILES string of the molecule is CC1(C)C2CCC(CNC(=O)CCCOc3ccc(Cl)cc3Cl)C1C2. The predicted octanol–water partition coefficient (Wildman–Crippen LogP) is 5.34. The Hall–Kier alpha value is -0.930. The molecule has 3 fully saturated rings. The van der Waals surface area contributed by atoms with Gasteiger partial charge in [-0.3, -0.25) is 4.79 Å². The average Bonchev–Trinajstić information content (AvgIpc) is 2.58. The van der Waals surface area contributed by atoms with Crippen LogP contribution in [0, 0.1) is 23.2 Å². The number of hydrogen-bond donors (Lipinski definition) is 1. The van der Waals surface area contributed by atoms with Gasteiger partial charge < -0.3 is 10.1 Å². The van der Waals surface area contributed by atoms with E-state index in [1.54, 1.807) is 18.2 Å². The zero-order chi connectivity index (χ0) is 18.0. The summed E-state index contributed by atoms with van der Waals surface area (Å²) < 4.78 is 5.62. The molecule has 3 nitrogen and oxygen atoms in total. The molecule has 0 radical (unpaired) electrons. The molecule has 3 aliphatic carbocycles. The molecule has 138 valence electrons. The highest BCUT2D eigenvalue weighted by Gasteiger charge is 2.53. The van der Waals surface area contributed by atoms with Crippen molar-refractivity contribution in [3.05, 3.63) is 28.2 Å². The molecule has 0 spiro atoms. The summed E-state index contributed by atoms with van der Waals surface area (Å²) in [5, 5.41) is 4.20. The maximum Gasteiger partial charge on any atom is 0.220 e. The Morgan fingerprint density at radius 3 is 2.80 bits per heavy atom. The van der Waals surface area contributed by atoms with Gasteiger partial charge in [-0.05, 0) is 67.1 Å². The van der Waals surface area contributed by atoms with E-state index < -0.39 is 0 Å². The van der Waals surface area contributed by atoms with Crippen molar-refractivity contribution < 1.29 is 9.53 Å². The van der Waals surface area contributed by atoms with Crippen molar-refractivity contribution in [1.82, 2.24) is 5.32 Å². The Kier molecular flexibility index (Phi) is 5.85. The molecule has 3 aliphatic rings. The lowest BCUT2D eigenvalue weighted by atomic mass is 9.45. The molecule has 2 bridgehead atoms. The Bertz CT molecular complexity index is 630. The number of nitrogens with one attached hydrogen (secondary N) is 1. The number of amides is 1. The number of ether oxygens (including phenoxy) is 1. The van der Waals surface area contributed by atoms with Crippen LogP contribution in [0.25, 0.3) is 0 Å². The number of carbonyl (C=O) groups is 1. The minimum atomic E-state index is 0.116. The molecule has 0 saturated heterocycles. The Morgan fingerprint density at radius 1 is 1.32 bits per heavy atom. The highest BCUT2D eigenvalue weighted by Crippen LogP contribution is 2.61. The molecule has 0 aliphatic heterocycles.